The second kappa shape index (κ2) is 6.83. The van der Waals surface area contributed by atoms with Gasteiger partial charge in [-0.15, -0.1) is 0 Å². The number of hydrogen-bond donors (Lipinski definition) is 2. The molecule has 118 valence electrons. The van der Waals surface area contributed by atoms with Crippen molar-refractivity contribution in [2.75, 3.05) is 25.9 Å². The highest BCUT2D eigenvalue weighted by molar-refractivity contribution is 7.89. The Balaban J connectivity index is 2.88. The van der Waals surface area contributed by atoms with E-state index in [1.165, 1.54) is 12.1 Å². The molecule has 0 aliphatic carbocycles. The highest BCUT2D eigenvalue weighted by Crippen LogP contribution is 2.23. The van der Waals surface area contributed by atoms with Crippen molar-refractivity contribution in [3.8, 4) is 0 Å². The summed E-state index contributed by atoms with van der Waals surface area (Å²) in [7, 11) is -2.00. The van der Waals surface area contributed by atoms with Crippen LogP contribution in [0.3, 0.4) is 0 Å². The minimum Gasteiger partial charge on any atom is -0.398 e. The largest absolute Gasteiger partial charge is 0.398 e. The highest BCUT2D eigenvalue weighted by atomic mass is 32.2. The number of nitrogens with two attached hydrogens (primary N) is 1. The molecule has 9 heteroatoms. The number of nitrogen functional groups attached to an aromatic ring is 1. The van der Waals surface area contributed by atoms with Crippen LogP contribution >= 0.6 is 0 Å². The first-order valence-electron chi connectivity index (χ1n) is 6.39. The molecule has 0 fully saturated rings. The number of nitrogens with zero attached hydrogens (tertiary/aromatic N) is 2. The highest BCUT2D eigenvalue weighted by Gasteiger charge is 2.21. The maximum atomic E-state index is 12.1. The van der Waals surface area contributed by atoms with Crippen molar-refractivity contribution in [3.05, 3.63) is 28.3 Å². The molecular formula is C12H20N4O4S. The molecule has 0 saturated carbocycles. The number of nitro benzene ring substituents is 1. The van der Waals surface area contributed by atoms with Gasteiger partial charge in [-0.05, 0) is 27.0 Å². The lowest BCUT2D eigenvalue weighted by Crippen LogP contribution is -2.36. The van der Waals surface area contributed by atoms with Crippen LogP contribution in [0.25, 0.3) is 0 Å². The van der Waals surface area contributed by atoms with Crippen molar-refractivity contribution in [1.82, 2.24) is 9.62 Å². The van der Waals surface area contributed by atoms with Gasteiger partial charge in [0, 0.05) is 31.3 Å². The molecule has 3 N–H and O–H groups in total. The predicted molar refractivity (Wildman–Crippen MR) is 80.5 cm³/mol. The van der Waals surface area contributed by atoms with E-state index in [-0.39, 0.29) is 28.9 Å². The van der Waals surface area contributed by atoms with Crippen LogP contribution in [0.4, 0.5) is 11.4 Å². The van der Waals surface area contributed by atoms with Crippen molar-refractivity contribution in [2.24, 2.45) is 0 Å². The van der Waals surface area contributed by atoms with Crippen LogP contribution in [0.15, 0.2) is 23.1 Å². The van der Waals surface area contributed by atoms with E-state index < -0.39 is 14.9 Å². The third-order valence-electron chi connectivity index (χ3n) is 3.14. The van der Waals surface area contributed by atoms with Crippen LogP contribution in [0.2, 0.25) is 0 Å². The van der Waals surface area contributed by atoms with Crippen molar-refractivity contribution < 1.29 is 13.3 Å². The number of rotatable bonds is 7. The van der Waals surface area contributed by atoms with E-state index in [2.05, 4.69) is 4.72 Å². The van der Waals surface area contributed by atoms with E-state index in [4.69, 9.17) is 5.73 Å². The maximum absolute atomic E-state index is 12.1. The first-order chi connectivity index (χ1) is 9.65. The Labute approximate surface area is 124 Å². The summed E-state index contributed by atoms with van der Waals surface area (Å²) < 4.78 is 26.7. The summed E-state index contributed by atoms with van der Waals surface area (Å²) in [6.45, 7) is 4.70. The van der Waals surface area contributed by atoms with E-state index >= 15 is 0 Å². The van der Waals surface area contributed by atoms with Crippen molar-refractivity contribution in [2.45, 2.75) is 24.8 Å². The first-order valence-corrected chi connectivity index (χ1v) is 7.87. The maximum Gasteiger partial charge on any atom is 0.270 e. The average Bonchev–Trinajstić information content (AvgIpc) is 2.38. The Morgan fingerprint density at radius 3 is 2.57 bits per heavy atom. The molecule has 8 nitrogen and oxygen atoms in total. The lowest BCUT2D eigenvalue weighted by molar-refractivity contribution is -0.385. The van der Waals surface area contributed by atoms with Crippen LogP contribution in [-0.4, -0.2) is 44.4 Å². The van der Waals surface area contributed by atoms with Gasteiger partial charge in [-0.3, -0.25) is 10.1 Å². The lowest BCUT2D eigenvalue weighted by Gasteiger charge is -2.21. The zero-order chi connectivity index (χ0) is 16.2. The molecule has 0 aliphatic heterocycles. The van der Waals surface area contributed by atoms with Crippen LogP contribution in [0.5, 0.6) is 0 Å². The van der Waals surface area contributed by atoms with Gasteiger partial charge in [0.25, 0.3) is 5.69 Å². The number of anilines is 1. The number of nitrogens with one attached hydrogen (secondary N) is 1. The van der Waals surface area contributed by atoms with Gasteiger partial charge in [-0.2, -0.15) is 0 Å². The van der Waals surface area contributed by atoms with E-state index in [0.717, 1.165) is 6.07 Å². The van der Waals surface area contributed by atoms with Gasteiger partial charge in [0.05, 0.1) is 10.6 Å². The van der Waals surface area contributed by atoms with Gasteiger partial charge in [-0.1, -0.05) is 0 Å². The van der Waals surface area contributed by atoms with Crippen LogP contribution in [-0.2, 0) is 10.0 Å². The fourth-order valence-electron chi connectivity index (χ4n) is 1.56. The molecule has 0 amide bonds. The fourth-order valence-corrected chi connectivity index (χ4v) is 2.73. The normalized spacial score (nSPS) is 12.0. The van der Waals surface area contributed by atoms with Gasteiger partial charge < -0.3 is 10.6 Å². The van der Waals surface area contributed by atoms with E-state index in [1.54, 1.807) is 0 Å². The predicted octanol–water partition coefficient (Wildman–Crippen LogP) is 0.795. The van der Waals surface area contributed by atoms with Gasteiger partial charge in [0.2, 0.25) is 10.0 Å². The molecule has 1 aromatic carbocycles. The van der Waals surface area contributed by atoms with Crippen molar-refractivity contribution in [1.29, 1.82) is 0 Å². The number of nitro groups is 1. The molecule has 21 heavy (non-hydrogen) atoms. The molecule has 0 saturated heterocycles. The number of non-ortho nitro benzene ring substituents is 1. The fraction of sp³-hybridized carbons (Fsp3) is 0.500. The van der Waals surface area contributed by atoms with Gasteiger partial charge in [0.1, 0.15) is 4.90 Å². The minimum atomic E-state index is -3.87. The minimum absolute atomic E-state index is 0.0229. The van der Waals surface area contributed by atoms with E-state index in [1.807, 2.05) is 25.8 Å². The zero-order valence-electron chi connectivity index (χ0n) is 12.2. The molecule has 0 aliphatic rings. The number of hydrogen-bond acceptors (Lipinski definition) is 6. The molecule has 0 aromatic heterocycles. The second-order valence-electron chi connectivity index (χ2n) is 4.95. The van der Waals surface area contributed by atoms with Crippen LogP contribution < -0.4 is 10.5 Å². The van der Waals surface area contributed by atoms with Crippen LogP contribution in [0.1, 0.15) is 13.8 Å². The summed E-state index contributed by atoms with van der Waals surface area (Å²) in [6.07, 6.45) is 0. The summed E-state index contributed by atoms with van der Waals surface area (Å²) >= 11 is 0. The van der Waals surface area contributed by atoms with Crippen molar-refractivity contribution >= 4 is 21.4 Å². The SMILES string of the molecule is CC(C)N(C)CCNS(=O)(=O)c1cc([N+](=O)[O-])ccc1N. The van der Waals surface area contributed by atoms with E-state index in [9.17, 15) is 18.5 Å². The second-order valence-corrected chi connectivity index (χ2v) is 6.69. The average molecular weight is 316 g/mol. The number of likely N-dealkylation sites (N-methyl/N-ethyl adjacent to an activating group) is 1. The topological polar surface area (TPSA) is 119 Å². The monoisotopic (exact) mass is 316 g/mol. The summed E-state index contributed by atoms with van der Waals surface area (Å²) in [5, 5.41) is 10.7. The smallest absolute Gasteiger partial charge is 0.270 e. The quantitative estimate of drug-likeness (QED) is 0.436. The molecule has 0 bridgehead atoms. The Morgan fingerprint density at radius 1 is 1.43 bits per heavy atom. The van der Waals surface area contributed by atoms with Gasteiger partial charge >= 0.3 is 0 Å². The molecule has 0 unspecified atom stereocenters. The molecule has 1 aromatic rings. The molecule has 0 atom stereocenters. The zero-order valence-corrected chi connectivity index (χ0v) is 13.1. The summed E-state index contributed by atoms with van der Waals surface area (Å²) in [5.74, 6) is 0. The Kier molecular flexibility index (Phi) is 5.64. The first kappa shape index (κ1) is 17.3. The Morgan fingerprint density at radius 2 is 2.05 bits per heavy atom. The van der Waals surface area contributed by atoms with Crippen LogP contribution in [0, 0.1) is 10.1 Å². The number of sulfonamides is 1. The van der Waals surface area contributed by atoms with Gasteiger partial charge in [-0.25, -0.2) is 13.1 Å². The van der Waals surface area contributed by atoms with E-state index in [0.29, 0.717) is 6.54 Å². The number of benzene rings is 1. The van der Waals surface area contributed by atoms with Gasteiger partial charge in [0.15, 0.2) is 0 Å². The summed E-state index contributed by atoms with van der Waals surface area (Å²) in [6, 6.07) is 3.63. The third-order valence-corrected chi connectivity index (χ3v) is 4.65. The summed E-state index contributed by atoms with van der Waals surface area (Å²) in [5.41, 5.74) is 5.26. The third kappa shape index (κ3) is 4.66. The van der Waals surface area contributed by atoms with Crippen molar-refractivity contribution in [3.63, 3.8) is 0 Å². The molecular weight excluding hydrogens is 296 g/mol. The molecule has 0 spiro atoms. The lowest BCUT2D eigenvalue weighted by atomic mass is 10.3. The Hall–Kier alpha value is -1.71. The molecule has 0 heterocycles. The Bertz CT molecular complexity index is 616. The summed E-state index contributed by atoms with van der Waals surface area (Å²) in [4.78, 5) is 11.7. The standard InChI is InChI=1S/C12H20N4O4S/c1-9(2)15(3)7-6-14-21(19,20)12-8-10(16(17)18)4-5-11(12)13/h4-5,8-9,14H,6-7,13H2,1-3H3. The molecule has 1 rings (SSSR count). The molecule has 0 radical (unpaired) electrons.